The molecule has 1 aromatic heterocycles. The normalized spacial score (nSPS) is 31.1. The number of rotatable bonds is 6. The zero-order chi connectivity index (χ0) is 22.3. The predicted molar refractivity (Wildman–Crippen MR) is 106 cm³/mol. The van der Waals surface area contributed by atoms with Gasteiger partial charge in [-0.15, -0.1) is 0 Å². The number of H-pyrrole nitrogens is 1. The van der Waals surface area contributed by atoms with Crippen LogP contribution in [0.2, 0.25) is 0 Å². The molecule has 1 aromatic carbocycles. The summed E-state index contributed by atoms with van der Waals surface area (Å²) in [7, 11) is 0. The number of hydrogen-bond donors (Lipinski definition) is 6. The monoisotopic (exact) mass is 434 g/mol. The van der Waals surface area contributed by atoms with E-state index in [9.17, 15) is 29.3 Å². The van der Waals surface area contributed by atoms with Gasteiger partial charge < -0.3 is 30.4 Å². The van der Waals surface area contributed by atoms with Gasteiger partial charge >= 0.3 is 6.03 Å². The van der Waals surface area contributed by atoms with Crippen molar-refractivity contribution in [3.05, 3.63) is 48.1 Å². The lowest BCUT2D eigenvalue weighted by Crippen LogP contribution is -2.68. The molecular formula is C20H23FN4O6. The average Bonchev–Trinajstić information content (AvgIpc) is 3.30. The number of fused-ring (bicyclic) bond motifs is 1. The van der Waals surface area contributed by atoms with E-state index in [2.05, 4.69) is 10.3 Å². The van der Waals surface area contributed by atoms with Crippen molar-refractivity contribution >= 4 is 22.7 Å². The predicted octanol–water partition coefficient (Wildman–Crippen LogP) is -0.400. The number of aromatic amines is 1. The minimum Gasteiger partial charge on any atom is -0.394 e. The van der Waals surface area contributed by atoms with Gasteiger partial charge in [-0.25, -0.2) is 9.18 Å². The lowest BCUT2D eigenvalue weighted by molar-refractivity contribution is -0.125. The molecule has 4 rings (SSSR count). The first kappa shape index (κ1) is 21.4. The van der Waals surface area contributed by atoms with Crippen molar-refractivity contribution in [1.29, 1.82) is 0 Å². The zero-order valence-electron chi connectivity index (χ0n) is 16.4. The van der Waals surface area contributed by atoms with Gasteiger partial charge in [-0.1, -0.05) is 18.2 Å². The Morgan fingerprint density at radius 2 is 2.03 bits per heavy atom. The first-order valence-electron chi connectivity index (χ1n) is 9.74. The van der Waals surface area contributed by atoms with Crippen molar-refractivity contribution in [1.82, 2.24) is 15.2 Å². The number of halogens is 1. The molecule has 7 N–H and O–H groups in total. The molecule has 1 unspecified atom stereocenters. The van der Waals surface area contributed by atoms with E-state index in [1.165, 1.54) is 0 Å². The van der Waals surface area contributed by atoms with Crippen LogP contribution in [0, 0.1) is 0 Å². The number of urea groups is 1. The molecule has 2 aromatic rings. The number of aliphatic hydroxyl groups excluding tert-OH is 3. The van der Waals surface area contributed by atoms with E-state index in [0.717, 1.165) is 16.5 Å². The summed E-state index contributed by atoms with van der Waals surface area (Å²) in [5.74, 6) is -1.88. The Morgan fingerprint density at radius 1 is 1.29 bits per heavy atom. The van der Waals surface area contributed by atoms with Gasteiger partial charge in [0.05, 0.1) is 6.61 Å². The number of aromatic nitrogens is 1. The third kappa shape index (κ3) is 3.60. The van der Waals surface area contributed by atoms with Crippen LogP contribution < -0.4 is 11.1 Å². The van der Waals surface area contributed by atoms with Gasteiger partial charge in [-0.05, 0) is 18.1 Å². The van der Waals surface area contributed by atoms with Crippen LogP contribution in [-0.4, -0.2) is 73.8 Å². The zero-order valence-corrected chi connectivity index (χ0v) is 16.4. The SMILES string of the molecule is NC1(C(=O)CCc2c[nH]c3ccccc23)NC(=O)N([C@@H]2O[C@H](CO)[C@@H](O)[C@H]2O)C=C1F. The number of nitrogens with zero attached hydrogens (tertiary/aromatic N) is 1. The van der Waals surface area contributed by atoms with Gasteiger partial charge in [0, 0.05) is 29.7 Å². The number of hydrogen-bond acceptors (Lipinski definition) is 7. The van der Waals surface area contributed by atoms with Gasteiger partial charge in [0.1, 0.15) is 18.3 Å². The first-order valence-corrected chi connectivity index (χ1v) is 9.74. The summed E-state index contributed by atoms with van der Waals surface area (Å²) in [5, 5.41) is 32.2. The molecule has 10 nitrogen and oxygen atoms in total. The summed E-state index contributed by atoms with van der Waals surface area (Å²) >= 11 is 0. The number of para-hydroxylation sites is 1. The number of nitrogens with one attached hydrogen (secondary N) is 2. The topological polar surface area (TPSA) is 161 Å². The van der Waals surface area contributed by atoms with Crippen molar-refractivity contribution in [2.75, 3.05) is 6.61 Å². The number of Topliss-reactive ketones (excluding diaryl/α,β-unsaturated/α-hetero) is 1. The quantitative estimate of drug-likeness (QED) is 0.360. The summed E-state index contributed by atoms with van der Waals surface area (Å²) in [4.78, 5) is 29.0. The van der Waals surface area contributed by atoms with E-state index in [4.69, 9.17) is 10.5 Å². The van der Waals surface area contributed by atoms with Crippen LogP contribution in [0.5, 0.6) is 0 Å². The van der Waals surface area contributed by atoms with E-state index in [0.29, 0.717) is 11.1 Å². The first-order chi connectivity index (χ1) is 14.8. The second kappa shape index (κ2) is 8.02. The van der Waals surface area contributed by atoms with E-state index < -0.39 is 54.5 Å². The summed E-state index contributed by atoms with van der Waals surface area (Å²) in [6, 6.07) is 6.53. The molecule has 0 saturated carbocycles. The van der Waals surface area contributed by atoms with E-state index >= 15 is 0 Å². The van der Waals surface area contributed by atoms with Crippen LogP contribution in [0.25, 0.3) is 10.9 Å². The minimum atomic E-state index is -2.36. The van der Waals surface area contributed by atoms with Crippen LogP contribution in [-0.2, 0) is 16.0 Å². The lowest BCUT2D eigenvalue weighted by Gasteiger charge is -2.37. The Balaban J connectivity index is 1.49. The number of carbonyl (C=O) groups is 2. The molecule has 31 heavy (non-hydrogen) atoms. The minimum absolute atomic E-state index is 0.131. The molecule has 0 radical (unpaired) electrons. The fourth-order valence-electron chi connectivity index (χ4n) is 3.86. The summed E-state index contributed by atoms with van der Waals surface area (Å²) in [6.45, 7) is -0.608. The maximum Gasteiger partial charge on any atom is 0.325 e. The molecule has 0 spiro atoms. The Morgan fingerprint density at radius 3 is 2.74 bits per heavy atom. The summed E-state index contributed by atoms with van der Waals surface area (Å²) in [6.07, 6.45) is -3.08. The maximum absolute atomic E-state index is 14.9. The van der Waals surface area contributed by atoms with Crippen molar-refractivity contribution in [3.63, 3.8) is 0 Å². The maximum atomic E-state index is 14.9. The molecule has 1 fully saturated rings. The van der Waals surface area contributed by atoms with Crippen molar-refractivity contribution < 1.29 is 34.0 Å². The fourth-order valence-corrected chi connectivity index (χ4v) is 3.86. The Labute approximate surface area is 176 Å². The number of nitrogens with two attached hydrogens (primary N) is 1. The number of benzene rings is 1. The molecule has 1 saturated heterocycles. The van der Waals surface area contributed by atoms with Crippen LogP contribution in [0.15, 0.2) is 42.5 Å². The van der Waals surface area contributed by atoms with Gasteiger partial charge in [0.25, 0.3) is 0 Å². The second-order valence-electron chi connectivity index (χ2n) is 7.63. The number of aliphatic hydroxyl groups is 3. The molecule has 166 valence electrons. The molecule has 11 heteroatoms. The molecule has 2 aliphatic rings. The molecule has 2 aliphatic heterocycles. The van der Waals surface area contributed by atoms with Gasteiger partial charge in [-0.3, -0.25) is 15.4 Å². The van der Waals surface area contributed by atoms with Gasteiger partial charge in [-0.2, -0.15) is 0 Å². The van der Waals surface area contributed by atoms with E-state index in [1.54, 1.807) is 6.20 Å². The second-order valence-corrected chi connectivity index (χ2v) is 7.63. The molecule has 5 atom stereocenters. The van der Waals surface area contributed by atoms with Crippen molar-refractivity contribution in [2.45, 2.75) is 43.0 Å². The summed E-state index contributed by atoms with van der Waals surface area (Å²) < 4.78 is 20.1. The van der Waals surface area contributed by atoms with Gasteiger partial charge in [0.15, 0.2) is 17.8 Å². The molecule has 3 heterocycles. The third-order valence-corrected chi connectivity index (χ3v) is 5.70. The largest absolute Gasteiger partial charge is 0.394 e. The van der Waals surface area contributed by atoms with Crippen LogP contribution in [0.4, 0.5) is 9.18 Å². The van der Waals surface area contributed by atoms with Crippen LogP contribution in [0.3, 0.4) is 0 Å². The van der Waals surface area contributed by atoms with Crippen LogP contribution in [0.1, 0.15) is 12.0 Å². The Kier molecular flexibility index (Phi) is 5.54. The Hall–Kier alpha value is -2.83. The van der Waals surface area contributed by atoms with E-state index in [-0.39, 0.29) is 12.8 Å². The number of amides is 2. The Bertz CT molecular complexity index is 1040. The number of carbonyl (C=O) groups excluding carboxylic acids is 2. The highest BCUT2D eigenvalue weighted by molar-refractivity contribution is 5.96. The number of ether oxygens (including phenoxy) is 1. The van der Waals surface area contributed by atoms with E-state index in [1.807, 2.05) is 24.3 Å². The van der Waals surface area contributed by atoms with Crippen molar-refractivity contribution in [3.8, 4) is 0 Å². The highest BCUT2D eigenvalue weighted by Crippen LogP contribution is 2.30. The average molecular weight is 434 g/mol. The standard InChI is InChI=1S/C20H23FN4O6/c21-14-8-25(18-17(29)16(28)13(9-26)31-18)19(30)24-20(14,22)15(27)6-5-10-7-23-12-4-2-1-3-11(10)12/h1-4,7-8,13,16-18,23,26,28-29H,5-6,9,22H2,(H,24,30)/t13-,16-,17-,18-,20?/m1/s1. The molecule has 2 amide bonds. The molecule has 0 aliphatic carbocycles. The highest BCUT2D eigenvalue weighted by atomic mass is 19.1. The number of aryl methyl sites for hydroxylation is 1. The van der Waals surface area contributed by atoms with Crippen LogP contribution >= 0.6 is 0 Å². The summed E-state index contributed by atoms with van der Waals surface area (Å²) in [5.41, 5.74) is 5.31. The lowest BCUT2D eigenvalue weighted by atomic mass is 9.96. The van der Waals surface area contributed by atoms with Crippen molar-refractivity contribution in [2.24, 2.45) is 5.73 Å². The smallest absolute Gasteiger partial charge is 0.325 e. The third-order valence-electron chi connectivity index (χ3n) is 5.70. The number of ketones is 1. The molecule has 0 bridgehead atoms. The van der Waals surface area contributed by atoms with Gasteiger partial charge in [0.2, 0.25) is 5.66 Å². The highest BCUT2D eigenvalue weighted by Gasteiger charge is 2.51. The molecular weight excluding hydrogens is 411 g/mol. The fraction of sp³-hybridized carbons (Fsp3) is 0.400.